The highest BCUT2D eigenvalue weighted by Gasteiger charge is 2.12. The summed E-state index contributed by atoms with van der Waals surface area (Å²) in [6, 6.07) is 6.78. The number of benzene rings is 1. The van der Waals surface area contributed by atoms with E-state index in [0.29, 0.717) is 11.5 Å². The predicted octanol–water partition coefficient (Wildman–Crippen LogP) is 0.920. The number of hydrogen-bond acceptors (Lipinski definition) is 3. The third kappa shape index (κ3) is 3.62. The second-order valence-corrected chi connectivity index (χ2v) is 4.97. The van der Waals surface area contributed by atoms with Crippen LogP contribution in [-0.2, 0) is 14.8 Å². The van der Waals surface area contributed by atoms with Crippen LogP contribution >= 0.6 is 0 Å². The Morgan fingerprint density at radius 1 is 1.40 bits per heavy atom. The van der Waals surface area contributed by atoms with Gasteiger partial charge >= 0.3 is 0 Å². The summed E-state index contributed by atoms with van der Waals surface area (Å²) in [5, 5.41) is 0. The third-order valence-corrected chi connectivity index (χ3v) is 3.36. The lowest BCUT2D eigenvalue weighted by Crippen LogP contribution is -2.27. The normalized spacial score (nSPS) is 11.6. The van der Waals surface area contributed by atoms with Crippen molar-refractivity contribution in [3.05, 3.63) is 29.8 Å². The lowest BCUT2D eigenvalue weighted by molar-refractivity contribution is 0.204. The van der Waals surface area contributed by atoms with Gasteiger partial charge in [-0.2, -0.15) is 0 Å². The number of nitrogens with one attached hydrogen (secondary N) is 1. The number of hydrogen-bond donors (Lipinski definition) is 1. The zero-order valence-corrected chi connectivity index (χ0v) is 9.67. The lowest BCUT2D eigenvalue weighted by Gasteiger charge is -2.06. The van der Waals surface area contributed by atoms with E-state index in [4.69, 9.17) is 4.74 Å². The molecule has 0 amide bonds. The van der Waals surface area contributed by atoms with Gasteiger partial charge in [-0.15, -0.1) is 0 Å². The van der Waals surface area contributed by atoms with Crippen LogP contribution in [0.4, 0.5) is 0 Å². The van der Waals surface area contributed by atoms with Gasteiger partial charge in [0, 0.05) is 13.7 Å². The molecule has 15 heavy (non-hydrogen) atoms. The van der Waals surface area contributed by atoms with Gasteiger partial charge in [0.05, 0.1) is 11.5 Å². The van der Waals surface area contributed by atoms with Crippen molar-refractivity contribution < 1.29 is 13.2 Å². The zero-order chi connectivity index (χ0) is 11.3. The minimum atomic E-state index is -3.39. The predicted molar refractivity (Wildman–Crippen MR) is 58.2 cm³/mol. The van der Waals surface area contributed by atoms with Crippen molar-refractivity contribution in [3.63, 3.8) is 0 Å². The second-order valence-electron chi connectivity index (χ2n) is 3.21. The molecule has 84 valence electrons. The average molecular weight is 229 g/mol. The molecule has 1 aromatic rings. The summed E-state index contributed by atoms with van der Waals surface area (Å²) >= 11 is 0. The molecule has 0 unspecified atom stereocenters. The summed E-state index contributed by atoms with van der Waals surface area (Å²) in [7, 11) is -1.86. The molecule has 0 saturated heterocycles. The first kappa shape index (κ1) is 12.2. The van der Waals surface area contributed by atoms with Gasteiger partial charge in [-0.3, -0.25) is 0 Å². The summed E-state index contributed by atoms with van der Waals surface area (Å²) in [6.45, 7) is 2.51. The molecule has 0 bridgehead atoms. The fourth-order valence-electron chi connectivity index (χ4n) is 1.14. The van der Waals surface area contributed by atoms with E-state index in [1.165, 1.54) is 7.11 Å². The molecule has 0 aliphatic carbocycles. The van der Waals surface area contributed by atoms with Gasteiger partial charge in [0.15, 0.2) is 0 Å². The van der Waals surface area contributed by atoms with Crippen molar-refractivity contribution in [2.24, 2.45) is 0 Å². The zero-order valence-electron chi connectivity index (χ0n) is 8.86. The Hall–Kier alpha value is -0.910. The highest BCUT2D eigenvalue weighted by Crippen LogP contribution is 2.09. The van der Waals surface area contributed by atoms with Gasteiger partial charge in [0.2, 0.25) is 10.0 Å². The molecule has 0 aromatic heterocycles. The Kier molecular flexibility index (Phi) is 4.26. The number of aryl methyl sites for hydroxylation is 1. The fourth-order valence-corrected chi connectivity index (χ4v) is 2.26. The van der Waals surface area contributed by atoms with Crippen molar-refractivity contribution in [2.75, 3.05) is 20.3 Å². The van der Waals surface area contributed by atoms with Gasteiger partial charge in [-0.05, 0) is 24.6 Å². The molecule has 4 nitrogen and oxygen atoms in total. The molecule has 5 heteroatoms. The minimum Gasteiger partial charge on any atom is -0.383 e. The minimum absolute atomic E-state index is 0.284. The highest BCUT2D eigenvalue weighted by molar-refractivity contribution is 7.89. The summed E-state index contributed by atoms with van der Waals surface area (Å²) in [4.78, 5) is 0.290. The number of rotatable bonds is 5. The van der Waals surface area contributed by atoms with Crippen molar-refractivity contribution >= 4 is 10.0 Å². The molecule has 1 aromatic carbocycles. The SMILES string of the molecule is COCCNS(=O)(=O)c1cccc(C)c1. The van der Waals surface area contributed by atoms with E-state index in [0.717, 1.165) is 5.56 Å². The monoisotopic (exact) mass is 229 g/mol. The third-order valence-electron chi connectivity index (χ3n) is 1.90. The van der Waals surface area contributed by atoms with Gasteiger partial charge in [-0.1, -0.05) is 12.1 Å². The van der Waals surface area contributed by atoms with E-state index >= 15 is 0 Å². The second kappa shape index (κ2) is 5.25. The van der Waals surface area contributed by atoms with Gasteiger partial charge < -0.3 is 4.74 Å². The molecule has 0 saturated carbocycles. The largest absolute Gasteiger partial charge is 0.383 e. The molecule has 0 atom stereocenters. The smallest absolute Gasteiger partial charge is 0.240 e. The van der Waals surface area contributed by atoms with Crippen molar-refractivity contribution in [1.82, 2.24) is 4.72 Å². The van der Waals surface area contributed by atoms with Gasteiger partial charge in [0.25, 0.3) is 0 Å². The Morgan fingerprint density at radius 2 is 2.13 bits per heavy atom. The molecule has 0 aliphatic heterocycles. The maximum absolute atomic E-state index is 11.7. The Balaban J connectivity index is 2.77. The maximum Gasteiger partial charge on any atom is 0.240 e. The molecule has 1 N–H and O–H groups in total. The Morgan fingerprint density at radius 3 is 2.73 bits per heavy atom. The summed E-state index contributed by atoms with van der Waals surface area (Å²) in [6.07, 6.45) is 0. The van der Waals surface area contributed by atoms with E-state index in [-0.39, 0.29) is 6.54 Å². The number of ether oxygens (including phenoxy) is 1. The van der Waals surface area contributed by atoms with Crippen LogP contribution in [0, 0.1) is 6.92 Å². The molecule has 1 rings (SSSR count). The summed E-state index contributed by atoms with van der Waals surface area (Å²) < 4.78 is 30.6. The average Bonchev–Trinajstić information content (AvgIpc) is 2.18. The van der Waals surface area contributed by atoms with Crippen LogP contribution in [0.15, 0.2) is 29.2 Å². The molecular weight excluding hydrogens is 214 g/mol. The Labute approximate surface area is 90.3 Å². The van der Waals surface area contributed by atoms with Crippen molar-refractivity contribution in [3.8, 4) is 0 Å². The van der Waals surface area contributed by atoms with Gasteiger partial charge in [-0.25, -0.2) is 13.1 Å². The van der Waals surface area contributed by atoms with Crippen molar-refractivity contribution in [1.29, 1.82) is 0 Å². The molecular formula is C10H15NO3S. The number of sulfonamides is 1. The molecule has 0 heterocycles. The van der Waals surface area contributed by atoms with E-state index in [1.54, 1.807) is 18.2 Å². The lowest BCUT2D eigenvalue weighted by atomic mass is 10.2. The molecule has 0 fully saturated rings. The van der Waals surface area contributed by atoms with Crippen LogP contribution in [0.25, 0.3) is 0 Å². The van der Waals surface area contributed by atoms with Crippen LogP contribution in [-0.4, -0.2) is 28.7 Å². The van der Waals surface area contributed by atoms with Crippen LogP contribution in [0.3, 0.4) is 0 Å². The van der Waals surface area contributed by atoms with Crippen LogP contribution < -0.4 is 4.72 Å². The van der Waals surface area contributed by atoms with Crippen LogP contribution in [0.2, 0.25) is 0 Å². The standard InChI is InChI=1S/C10H15NO3S/c1-9-4-3-5-10(8-9)15(12,13)11-6-7-14-2/h3-5,8,11H,6-7H2,1-2H3. The van der Waals surface area contributed by atoms with Crippen molar-refractivity contribution in [2.45, 2.75) is 11.8 Å². The first-order valence-corrected chi connectivity index (χ1v) is 6.10. The van der Waals surface area contributed by atoms with Gasteiger partial charge in [0.1, 0.15) is 0 Å². The molecule has 0 spiro atoms. The Bertz CT molecular complexity index is 414. The summed E-state index contributed by atoms with van der Waals surface area (Å²) in [5.74, 6) is 0. The molecule has 0 radical (unpaired) electrons. The first-order chi connectivity index (χ1) is 7.06. The van der Waals surface area contributed by atoms with Crippen LogP contribution in [0.1, 0.15) is 5.56 Å². The van der Waals surface area contributed by atoms with Crippen LogP contribution in [0.5, 0.6) is 0 Å². The topological polar surface area (TPSA) is 55.4 Å². The maximum atomic E-state index is 11.7. The number of methoxy groups -OCH3 is 1. The van der Waals surface area contributed by atoms with E-state index < -0.39 is 10.0 Å². The highest BCUT2D eigenvalue weighted by atomic mass is 32.2. The van der Waals surface area contributed by atoms with E-state index in [9.17, 15) is 8.42 Å². The quantitative estimate of drug-likeness (QED) is 0.764. The summed E-state index contributed by atoms with van der Waals surface area (Å²) in [5.41, 5.74) is 0.921. The first-order valence-electron chi connectivity index (χ1n) is 4.61. The van der Waals surface area contributed by atoms with E-state index in [1.807, 2.05) is 13.0 Å². The van der Waals surface area contributed by atoms with E-state index in [2.05, 4.69) is 4.72 Å². The molecule has 0 aliphatic rings. The fraction of sp³-hybridized carbons (Fsp3) is 0.400.